The molecule has 0 N–H and O–H groups in total. The van der Waals surface area contributed by atoms with Crippen molar-refractivity contribution in [3.63, 3.8) is 0 Å². The second-order valence-corrected chi connectivity index (χ2v) is 12.1. The predicted octanol–water partition coefficient (Wildman–Crippen LogP) is 9.62. The normalized spacial score (nSPS) is 14.1. The number of nitrogens with zero attached hydrogens (tertiary/aromatic N) is 8. The van der Waals surface area contributed by atoms with Gasteiger partial charge in [0.15, 0.2) is 5.69 Å². The Morgan fingerprint density at radius 3 is 1.24 bits per heavy atom. The van der Waals surface area contributed by atoms with Gasteiger partial charge in [0.05, 0.1) is 58.2 Å². The zero-order chi connectivity index (χ0) is 37.9. The molecule has 0 fully saturated rings. The number of hydrogen-bond acceptors (Lipinski definition) is 7. The lowest BCUT2D eigenvalue weighted by molar-refractivity contribution is 1.43. The quantitative estimate of drug-likeness (QED) is 0.134. The minimum Gasteiger partial charge on any atom is -0.238 e. The van der Waals surface area contributed by atoms with Crippen LogP contribution in [0.3, 0.4) is 0 Å². The smallest absolute Gasteiger partial charge is 0.189 e. The van der Waals surface area contributed by atoms with Crippen LogP contribution in [0.2, 0.25) is 0 Å². The molecule has 0 atom stereocenters. The predicted molar refractivity (Wildman–Crippen MR) is 202 cm³/mol. The molecule has 0 saturated carbocycles. The number of nitriles is 7. The highest BCUT2D eigenvalue weighted by Gasteiger charge is 2.37. The standard InChI is InChI=1S/C46H18N8/c1-54-34-16-29(22-49)15-33(17-34)40(24-51)46-38-19-37-35(18-36(38)42(26-53)44(46)31-10-6-3-7-11-31)41(25-52)43(30-8-4-2-5-9-30)45(37)39(23-50)32-13-27(20-47)12-28(14-32)21-48/h2-19H/b45-39-,46-40-. The maximum absolute atomic E-state index is 10.9. The Morgan fingerprint density at radius 2 is 0.852 bits per heavy atom. The summed E-state index contributed by atoms with van der Waals surface area (Å²) in [7, 11) is 0. The Morgan fingerprint density at radius 1 is 0.444 bits per heavy atom. The Kier molecular flexibility index (Phi) is 8.50. The molecule has 0 aliphatic heterocycles. The van der Waals surface area contributed by atoms with E-state index in [1.54, 1.807) is 12.1 Å². The molecule has 0 bridgehead atoms. The van der Waals surface area contributed by atoms with E-state index in [9.17, 15) is 36.8 Å². The van der Waals surface area contributed by atoms with Crippen molar-refractivity contribution in [1.82, 2.24) is 0 Å². The van der Waals surface area contributed by atoms with Gasteiger partial charge in [0.1, 0.15) is 24.3 Å². The third-order valence-corrected chi connectivity index (χ3v) is 9.25. The fraction of sp³-hybridized carbons (Fsp3) is 0. The van der Waals surface area contributed by atoms with E-state index in [-0.39, 0.29) is 44.7 Å². The molecule has 2 aliphatic carbocycles. The van der Waals surface area contributed by atoms with Crippen molar-refractivity contribution in [3.8, 4) is 42.5 Å². The third kappa shape index (κ3) is 5.35. The lowest BCUT2D eigenvalue weighted by Crippen LogP contribution is -1.97. The van der Waals surface area contributed by atoms with Crippen LogP contribution in [0.1, 0.15) is 61.2 Å². The number of allylic oxidation sites excluding steroid dienone is 8. The van der Waals surface area contributed by atoms with Crippen LogP contribution in [-0.4, -0.2) is 0 Å². The average molecular weight is 683 g/mol. The van der Waals surface area contributed by atoms with Crippen molar-refractivity contribution in [2.45, 2.75) is 0 Å². The van der Waals surface area contributed by atoms with Crippen LogP contribution < -0.4 is 0 Å². The van der Waals surface area contributed by atoms with Gasteiger partial charge in [-0.2, -0.15) is 36.8 Å². The first-order valence-electron chi connectivity index (χ1n) is 16.2. The van der Waals surface area contributed by atoms with Gasteiger partial charge in [0, 0.05) is 39.0 Å². The van der Waals surface area contributed by atoms with Gasteiger partial charge in [-0.15, -0.1) is 0 Å². The summed E-state index contributed by atoms with van der Waals surface area (Å²) in [6.07, 6.45) is 0. The number of hydrogen-bond donors (Lipinski definition) is 0. The van der Waals surface area contributed by atoms with Gasteiger partial charge in [-0.25, -0.2) is 4.85 Å². The van der Waals surface area contributed by atoms with E-state index in [0.29, 0.717) is 66.8 Å². The topological polar surface area (TPSA) is 171 Å². The molecule has 0 unspecified atom stereocenters. The highest BCUT2D eigenvalue weighted by molar-refractivity contribution is 6.34. The van der Waals surface area contributed by atoms with Crippen molar-refractivity contribution in [3.05, 3.63) is 182 Å². The van der Waals surface area contributed by atoms with E-state index in [2.05, 4.69) is 47.3 Å². The Hall–Kier alpha value is -9.02. The monoisotopic (exact) mass is 682 g/mol. The third-order valence-electron chi connectivity index (χ3n) is 9.25. The summed E-state index contributed by atoms with van der Waals surface area (Å²) in [6, 6.07) is 46.1. The molecule has 5 aromatic rings. The van der Waals surface area contributed by atoms with Crippen molar-refractivity contribution in [2.75, 3.05) is 0 Å². The summed E-state index contributed by atoms with van der Waals surface area (Å²) >= 11 is 0. The Balaban J connectivity index is 1.66. The molecule has 8 nitrogen and oxygen atoms in total. The van der Waals surface area contributed by atoms with Crippen LogP contribution in [0.25, 0.3) is 49.4 Å². The first kappa shape index (κ1) is 33.5. The first-order valence-corrected chi connectivity index (χ1v) is 16.2. The van der Waals surface area contributed by atoms with Crippen LogP contribution in [0.5, 0.6) is 0 Å². The molecule has 0 radical (unpaired) electrons. The molecule has 7 rings (SSSR count). The summed E-state index contributed by atoms with van der Waals surface area (Å²) in [5, 5.41) is 72.8. The molecule has 8 heteroatoms. The van der Waals surface area contributed by atoms with Crippen molar-refractivity contribution < 1.29 is 0 Å². The highest BCUT2D eigenvalue weighted by Crippen LogP contribution is 2.56. The summed E-state index contributed by atoms with van der Waals surface area (Å²) in [4.78, 5) is 3.52. The van der Waals surface area contributed by atoms with Gasteiger partial charge in [-0.05, 0) is 81.9 Å². The van der Waals surface area contributed by atoms with Gasteiger partial charge in [-0.1, -0.05) is 60.7 Å². The molecule has 5 aromatic carbocycles. The Labute approximate surface area is 310 Å². The zero-order valence-electron chi connectivity index (χ0n) is 28.0. The second-order valence-electron chi connectivity index (χ2n) is 12.1. The van der Waals surface area contributed by atoms with Crippen molar-refractivity contribution >= 4 is 50.3 Å². The fourth-order valence-electron chi connectivity index (χ4n) is 7.07. The van der Waals surface area contributed by atoms with Crippen LogP contribution in [0, 0.1) is 85.9 Å². The first-order chi connectivity index (χ1) is 26.4. The van der Waals surface area contributed by atoms with E-state index in [1.807, 2.05) is 60.7 Å². The van der Waals surface area contributed by atoms with Gasteiger partial charge >= 0.3 is 0 Å². The molecule has 0 amide bonds. The van der Waals surface area contributed by atoms with E-state index >= 15 is 0 Å². The van der Waals surface area contributed by atoms with Crippen LogP contribution in [0.4, 0.5) is 5.69 Å². The lowest BCUT2D eigenvalue weighted by atomic mass is 9.86. The van der Waals surface area contributed by atoms with E-state index in [4.69, 9.17) is 6.57 Å². The van der Waals surface area contributed by atoms with E-state index in [1.165, 1.54) is 36.4 Å². The number of rotatable bonds is 4. The molecule has 0 spiro atoms. The second kappa shape index (κ2) is 13.7. The maximum Gasteiger partial charge on any atom is 0.189 e. The van der Waals surface area contributed by atoms with Crippen LogP contribution in [0.15, 0.2) is 109 Å². The zero-order valence-corrected chi connectivity index (χ0v) is 28.0. The van der Waals surface area contributed by atoms with Crippen LogP contribution in [-0.2, 0) is 0 Å². The molecular formula is C46H18N8. The summed E-state index contributed by atoms with van der Waals surface area (Å²) < 4.78 is 0. The molecule has 242 valence electrons. The fourth-order valence-corrected chi connectivity index (χ4v) is 7.07. The van der Waals surface area contributed by atoms with Crippen molar-refractivity contribution in [1.29, 1.82) is 36.8 Å². The highest BCUT2D eigenvalue weighted by atomic mass is 14.6. The molecule has 2 aliphatic rings. The van der Waals surface area contributed by atoms with E-state index < -0.39 is 0 Å². The average Bonchev–Trinajstić information content (AvgIpc) is 3.72. The molecule has 0 heterocycles. The number of fused-ring (bicyclic) bond motifs is 2. The van der Waals surface area contributed by atoms with Crippen LogP contribution >= 0.6 is 0 Å². The molecular weight excluding hydrogens is 665 g/mol. The SMILES string of the molecule is [C-]#[N+]c1cc(C#N)cc(/C(C#N)=C2\C(c3ccccc3)=C(C#N)c3cc4c(cc32)/C(=C(\C#N)c2cc(C#N)cc(C#N)c2)C(c2ccccc2)=C4C#N)c1. The van der Waals surface area contributed by atoms with Gasteiger partial charge in [-0.3, -0.25) is 0 Å². The minimum atomic E-state index is 0.109. The lowest BCUT2D eigenvalue weighted by Gasteiger charge is -2.15. The molecule has 0 saturated heterocycles. The Bertz CT molecular complexity index is 2730. The van der Waals surface area contributed by atoms with Gasteiger partial charge < -0.3 is 0 Å². The minimum absolute atomic E-state index is 0.109. The van der Waals surface area contributed by atoms with Crippen molar-refractivity contribution in [2.24, 2.45) is 0 Å². The van der Waals surface area contributed by atoms with Gasteiger partial charge in [0.2, 0.25) is 0 Å². The molecule has 54 heavy (non-hydrogen) atoms. The van der Waals surface area contributed by atoms with Gasteiger partial charge in [0.25, 0.3) is 0 Å². The number of benzene rings is 5. The summed E-state index contributed by atoms with van der Waals surface area (Å²) in [6.45, 7) is 7.65. The maximum atomic E-state index is 10.9. The molecule has 0 aromatic heterocycles. The summed E-state index contributed by atoms with van der Waals surface area (Å²) in [5.41, 5.74) is 6.82. The summed E-state index contributed by atoms with van der Waals surface area (Å²) in [5.74, 6) is 0. The van der Waals surface area contributed by atoms with E-state index in [0.717, 1.165) is 0 Å². The largest absolute Gasteiger partial charge is 0.238 e.